The molecule has 2 unspecified atom stereocenters. The van der Waals surface area contributed by atoms with Crippen molar-refractivity contribution in [3.8, 4) is 0 Å². The maximum absolute atomic E-state index is 5.87. The fourth-order valence-electron chi connectivity index (χ4n) is 2.05. The molecule has 0 bridgehead atoms. The molecule has 1 aromatic carbocycles. The monoisotopic (exact) mass is 195 g/mol. The summed E-state index contributed by atoms with van der Waals surface area (Å²) in [5.41, 5.74) is 7.25. The van der Waals surface area contributed by atoms with E-state index >= 15 is 0 Å². The minimum Gasteiger partial charge on any atom is -0.328 e. The first-order valence-electron chi connectivity index (χ1n) is 4.77. The Morgan fingerprint density at radius 2 is 1.85 bits per heavy atom. The summed E-state index contributed by atoms with van der Waals surface area (Å²) < 4.78 is 0. The highest BCUT2D eigenvalue weighted by Crippen LogP contribution is 2.33. The highest BCUT2D eigenvalue weighted by Gasteiger charge is 2.22. The van der Waals surface area contributed by atoms with E-state index in [4.69, 9.17) is 17.3 Å². The molecule has 0 amide bonds. The molecule has 0 spiro atoms. The number of benzene rings is 1. The quantitative estimate of drug-likeness (QED) is 0.733. The van der Waals surface area contributed by atoms with Crippen LogP contribution in [0.1, 0.15) is 30.7 Å². The van der Waals surface area contributed by atoms with Gasteiger partial charge in [0.2, 0.25) is 0 Å². The third-order valence-electron chi connectivity index (χ3n) is 2.81. The number of rotatable bonds is 1. The third-order valence-corrected chi connectivity index (χ3v) is 3.07. The van der Waals surface area contributed by atoms with E-state index in [2.05, 4.69) is 12.1 Å². The number of hydrogen-bond donors (Lipinski definition) is 1. The SMILES string of the molecule is NC1CCC(c2ccc(Cl)cc2)C1. The van der Waals surface area contributed by atoms with Crippen LogP contribution in [0.25, 0.3) is 0 Å². The minimum atomic E-state index is 0.403. The fraction of sp³-hybridized carbons (Fsp3) is 0.455. The van der Waals surface area contributed by atoms with Gasteiger partial charge in [-0.3, -0.25) is 0 Å². The van der Waals surface area contributed by atoms with E-state index in [1.165, 1.54) is 12.0 Å². The molecule has 1 saturated carbocycles. The molecule has 2 atom stereocenters. The first-order chi connectivity index (χ1) is 6.25. The Labute approximate surface area is 83.9 Å². The van der Waals surface area contributed by atoms with Crippen LogP contribution in [0, 0.1) is 0 Å². The molecule has 2 heteroatoms. The molecule has 1 aliphatic carbocycles. The molecule has 0 aromatic heterocycles. The number of nitrogens with two attached hydrogens (primary N) is 1. The average Bonchev–Trinajstić information content (AvgIpc) is 2.53. The van der Waals surface area contributed by atoms with Crippen molar-refractivity contribution >= 4 is 11.6 Å². The average molecular weight is 196 g/mol. The van der Waals surface area contributed by atoms with Gasteiger partial charge in [-0.2, -0.15) is 0 Å². The zero-order valence-corrected chi connectivity index (χ0v) is 8.30. The van der Waals surface area contributed by atoms with E-state index in [-0.39, 0.29) is 0 Å². The second-order valence-electron chi connectivity index (χ2n) is 3.82. The molecule has 0 aliphatic heterocycles. The molecule has 1 aromatic rings. The summed E-state index contributed by atoms with van der Waals surface area (Å²) in [7, 11) is 0. The van der Waals surface area contributed by atoms with Crippen molar-refractivity contribution in [2.45, 2.75) is 31.2 Å². The zero-order valence-electron chi connectivity index (χ0n) is 7.54. The molecule has 70 valence electrons. The lowest BCUT2D eigenvalue weighted by molar-refractivity contribution is 0.675. The van der Waals surface area contributed by atoms with Crippen molar-refractivity contribution in [2.24, 2.45) is 5.73 Å². The summed E-state index contributed by atoms with van der Waals surface area (Å²) in [6, 6.07) is 8.55. The van der Waals surface area contributed by atoms with Gasteiger partial charge in [-0.15, -0.1) is 0 Å². The van der Waals surface area contributed by atoms with Crippen LogP contribution >= 0.6 is 11.6 Å². The highest BCUT2D eigenvalue weighted by atomic mass is 35.5. The molecular weight excluding hydrogens is 182 g/mol. The summed E-state index contributed by atoms with van der Waals surface area (Å²) in [4.78, 5) is 0. The standard InChI is InChI=1S/C11H14ClN/c12-10-4-1-8(2-5-10)9-3-6-11(13)7-9/h1-2,4-5,9,11H,3,6-7,13H2. The number of hydrogen-bond acceptors (Lipinski definition) is 1. The van der Waals surface area contributed by atoms with Crippen molar-refractivity contribution in [3.05, 3.63) is 34.9 Å². The van der Waals surface area contributed by atoms with Gasteiger partial charge in [0, 0.05) is 11.1 Å². The van der Waals surface area contributed by atoms with Gasteiger partial charge >= 0.3 is 0 Å². The summed E-state index contributed by atoms with van der Waals surface area (Å²) in [6.45, 7) is 0. The van der Waals surface area contributed by atoms with Crippen LogP contribution in [-0.4, -0.2) is 6.04 Å². The van der Waals surface area contributed by atoms with Gasteiger partial charge < -0.3 is 5.73 Å². The summed E-state index contributed by atoms with van der Waals surface area (Å²) in [5, 5.41) is 0.811. The van der Waals surface area contributed by atoms with Crippen molar-refractivity contribution in [1.82, 2.24) is 0 Å². The Hall–Kier alpha value is -0.530. The molecule has 2 N–H and O–H groups in total. The van der Waals surface area contributed by atoms with E-state index in [0.717, 1.165) is 17.9 Å². The van der Waals surface area contributed by atoms with Gasteiger partial charge in [-0.1, -0.05) is 23.7 Å². The summed E-state index contributed by atoms with van der Waals surface area (Å²) >= 11 is 5.82. The Morgan fingerprint density at radius 3 is 2.38 bits per heavy atom. The lowest BCUT2D eigenvalue weighted by Crippen LogP contribution is -2.14. The van der Waals surface area contributed by atoms with E-state index in [9.17, 15) is 0 Å². The van der Waals surface area contributed by atoms with E-state index in [0.29, 0.717) is 12.0 Å². The van der Waals surface area contributed by atoms with Gasteiger partial charge in [-0.05, 0) is 42.9 Å². The Kier molecular flexibility index (Phi) is 2.56. The fourth-order valence-corrected chi connectivity index (χ4v) is 2.18. The molecule has 1 nitrogen and oxygen atoms in total. The van der Waals surface area contributed by atoms with E-state index in [1.807, 2.05) is 12.1 Å². The highest BCUT2D eigenvalue weighted by molar-refractivity contribution is 6.30. The van der Waals surface area contributed by atoms with Crippen LogP contribution in [-0.2, 0) is 0 Å². The minimum absolute atomic E-state index is 0.403. The maximum atomic E-state index is 5.87. The van der Waals surface area contributed by atoms with E-state index in [1.54, 1.807) is 0 Å². The first-order valence-corrected chi connectivity index (χ1v) is 5.14. The van der Waals surface area contributed by atoms with Crippen LogP contribution in [0.2, 0.25) is 5.02 Å². The molecule has 1 fully saturated rings. The molecule has 0 saturated heterocycles. The Bertz CT molecular complexity index is 281. The molecule has 1 aliphatic rings. The smallest absolute Gasteiger partial charge is 0.0406 e. The molecular formula is C11H14ClN. The van der Waals surface area contributed by atoms with Crippen molar-refractivity contribution in [3.63, 3.8) is 0 Å². The molecule has 2 rings (SSSR count). The lowest BCUT2D eigenvalue weighted by atomic mass is 9.98. The second kappa shape index (κ2) is 3.69. The second-order valence-corrected chi connectivity index (χ2v) is 4.26. The normalized spacial score (nSPS) is 27.8. The van der Waals surface area contributed by atoms with Crippen molar-refractivity contribution < 1.29 is 0 Å². The van der Waals surface area contributed by atoms with Gasteiger partial charge in [-0.25, -0.2) is 0 Å². The predicted octanol–water partition coefficient (Wildman–Crippen LogP) is 2.93. The summed E-state index contributed by atoms with van der Waals surface area (Å²) in [5.74, 6) is 0.660. The van der Waals surface area contributed by atoms with Gasteiger partial charge in [0.05, 0.1) is 0 Å². The molecule has 0 radical (unpaired) electrons. The van der Waals surface area contributed by atoms with Crippen molar-refractivity contribution in [2.75, 3.05) is 0 Å². The Morgan fingerprint density at radius 1 is 1.15 bits per heavy atom. The van der Waals surface area contributed by atoms with Crippen LogP contribution in [0.4, 0.5) is 0 Å². The third kappa shape index (κ3) is 2.04. The zero-order chi connectivity index (χ0) is 9.26. The number of halogens is 1. The van der Waals surface area contributed by atoms with Gasteiger partial charge in [0.25, 0.3) is 0 Å². The van der Waals surface area contributed by atoms with Crippen LogP contribution in [0.5, 0.6) is 0 Å². The topological polar surface area (TPSA) is 26.0 Å². The van der Waals surface area contributed by atoms with Gasteiger partial charge in [0.1, 0.15) is 0 Å². The lowest BCUT2D eigenvalue weighted by Gasteiger charge is -2.09. The molecule has 13 heavy (non-hydrogen) atoms. The van der Waals surface area contributed by atoms with Crippen LogP contribution in [0.15, 0.2) is 24.3 Å². The largest absolute Gasteiger partial charge is 0.328 e. The van der Waals surface area contributed by atoms with Crippen LogP contribution in [0.3, 0.4) is 0 Å². The summed E-state index contributed by atoms with van der Waals surface area (Å²) in [6.07, 6.45) is 3.51. The first kappa shape index (κ1) is 9.04. The molecule has 0 heterocycles. The predicted molar refractivity (Wildman–Crippen MR) is 56.0 cm³/mol. The Balaban J connectivity index is 2.13. The van der Waals surface area contributed by atoms with Crippen molar-refractivity contribution in [1.29, 1.82) is 0 Å². The van der Waals surface area contributed by atoms with Crippen LogP contribution < -0.4 is 5.73 Å². The maximum Gasteiger partial charge on any atom is 0.0406 e. The van der Waals surface area contributed by atoms with Gasteiger partial charge in [0.15, 0.2) is 0 Å². The van der Waals surface area contributed by atoms with E-state index < -0.39 is 0 Å².